The Morgan fingerprint density at radius 2 is 1.92 bits per heavy atom. The molecule has 36 heavy (non-hydrogen) atoms. The van der Waals surface area contributed by atoms with Gasteiger partial charge >= 0.3 is 0 Å². The van der Waals surface area contributed by atoms with Crippen molar-refractivity contribution in [3.05, 3.63) is 102 Å². The number of nitrogen functional groups attached to an aromatic ring is 1. The predicted octanol–water partition coefficient (Wildman–Crippen LogP) is 4.06. The second kappa shape index (κ2) is 9.71. The number of methoxy groups -OCH3 is 1. The third-order valence-corrected chi connectivity index (χ3v) is 5.73. The maximum Gasteiger partial charge on any atom is 0.145 e. The van der Waals surface area contributed by atoms with E-state index in [0.29, 0.717) is 29.4 Å². The minimum atomic E-state index is -0.273. The predicted molar refractivity (Wildman–Crippen MR) is 138 cm³/mol. The lowest BCUT2D eigenvalue weighted by Crippen LogP contribution is -2.14. The average Bonchev–Trinajstić information content (AvgIpc) is 3.28. The number of aromatic nitrogens is 4. The molecule has 5 rings (SSSR count). The Hall–Kier alpha value is -4.99. The van der Waals surface area contributed by atoms with Crippen molar-refractivity contribution >= 4 is 33.9 Å². The Balaban J connectivity index is 1.45. The van der Waals surface area contributed by atoms with Crippen molar-refractivity contribution in [2.45, 2.75) is 6.54 Å². The maximum absolute atomic E-state index is 13.6. The molecule has 0 bridgehead atoms. The number of hydrogen-bond acceptors (Lipinski definition) is 8. The fourth-order valence-electron chi connectivity index (χ4n) is 4.00. The molecule has 0 amide bonds. The SMILES string of the molecule is COc1ccc(/C(=N/N)c2c(N)ncnc2Nc2ccc3c(cnn3Cc3cccc(F)c3)c2)cc1. The third-order valence-electron chi connectivity index (χ3n) is 5.73. The summed E-state index contributed by atoms with van der Waals surface area (Å²) in [6, 6.07) is 19.6. The number of rotatable bonds is 7. The number of fused-ring (bicyclic) bond motifs is 1. The van der Waals surface area contributed by atoms with Crippen LogP contribution in [-0.4, -0.2) is 32.6 Å². The molecule has 0 atom stereocenters. The van der Waals surface area contributed by atoms with Crippen molar-refractivity contribution in [1.29, 1.82) is 0 Å². The molecular formula is C26H23FN8O. The highest BCUT2D eigenvalue weighted by molar-refractivity contribution is 6.18. The molecule has 0 aliphatic rings. The van der Waals surface area contributed by atoms with Crippen molar-refractivity contribution < 1.29 is 9.13 Å². The van der Waals surface area contributed by atoms with E-state index in [1.807, 2.05) is 53.2 Å². The van der Waals surface area contributed by atoms with E-state index < -0.39 is 0 Å². The molecular weight excluding hydrogens is 459 g/mol. The van der Waals surface area contributed by atoms with E-state index >= 15 is 0 Å². The van der Waals surface area contributed by atoms with Crippen LogP contribution in [0.15, 0.2) is 84.4 Å². The first-order valence-corrected chi connectivity index (χ1v) is 11.1. The number of anilines is 3. The van der Waals surface area contributed by atoms with Gasteiger partial charge in [-0.15, -0.1) is 0 Å². The summed E-state index contributed by atoms with van der Waals surface area (Å²) in [5.41, 5.74) is 10.4. The lowest BCUT2D eigenvalue weighted by atomic mass is 10.0. The van der Waals surface area contributed by atoms with E-state index in [9.17, 15) is 4.39 Å². The summed E-state index contributed by atoms with van der Waals surface area (Å²) in [5, 5.41) is 12.7. The number of hydrazone groups is 1. The summed E-state index contributed by atoms with van der Waals surface area (Å²) in [6.07, 6.45) is 3.14. The Labute approximate surface area is 206 Å². The number of benzene rings is 3. The smallest absolute Gasteiger partial charge is 0.145 e. The number of nitrogens with one attached hydrogen (secondary N) is 1. The van der Waals surface area contributed by atoms with Crippen molar-refractivity contribution in [3.63, 3.8) is 0 Å². The lowest BCUT2D eigenvalue weighted by molar-refractivity contribution is 0.415. The normalized spacial score (nSPS) is 11.6. The molecule has 9 nitrogen and oxygen atoms in total. The number of ether oxygens (including phenoxy) is 1. The fraction of sp³-hybridized carbons (Fsp3) is 0.0769. The first-order chi connectivity index (χ1) is 17.6. The summed E-state index contributed by atoms with van der Waals surface area (Å²) in [7, 11) is 1.60. The van der Waals surface area contributed by atoms with Crippen LogP contribution in [0, 0.1) is 5.82 Å². The molecule has 180 valence electrons. The first kappa shape index (κ1) is 22.8. The van der Waals surface area contributed by atoms with Crippen molar-refractivity contribution in [1.82, 2.24) is 19.7 Å². The van der Waals surface area contributed by atoms with E-state index in [1.165, 1.54) is 18.5 Å². The third kappa shape index (κ3) is 4.51. The fourth-order valence-corrected chi connectivity index (χ4v) is 4.00. The Morgan fingerprint density at radius 3 is 2.67 bits per heavy atom. The minimum absolute atomic E-state index is 0.233. The monoisotopic (exact) mass is 482 g/mol. The van der Waals surface area contributed by atoms with Crippen LogP contribution in [0.4, 0.5) is 21.7 Å². The summed E-state index contributed by atoms with van der Waals surface area (Å²) in [5.74, 6) is 6.89. The van der Waals surface area contributed by atoms with Crippen LogP contribution in [-0.2, 0) is 6.54 Å². The van der Waals surface area contributed by atoms with Gasteiger partial charge in [-0.25, -0.2) is 14.4 Å². The van der Waals surface area contributed by atoms with Crippen molar-refractivity contribution in [3.8, 4) is 5.75 Å². The topological polar surface area (TPSA) is 129 Å². The molecule has 0 aliphatic carbocycles. The van der Waals surface area contributed by atoms with E-state index in [4.69, 9.17) is 16.3 Å². The molecule has 0 radical (unpaired) electrons. The zero-order valence-corrected chi connectivity index (χ0v) is 19.4. The van der Waals surface area contributed by atoms with E-state index in [-0.39, 0.29) is 11.6 Å². The Bertz CT molecular complexity index is 1560. The van der Waals surface area contributed by atoms with Crippen LogP contribution < -0.4 is 21.6 Å². The minimum Gasteiger partial charge on any atom is -0.497 e. The van der Waals surface area contributed by atoms with Gasteiger partial charge in [0, 0.05) is 16.6 Å². The molecule has 3 aromatic carbocycles. The molecule has 0 aliphatic heterocycles. The van der Waals surface area contributed by atoms with E-state index in [2.05, 4.69) is 25.5 Å². The number of nitrogens with zero attached hydrogens (tertiary/aromatic N) is 5. The molecule has 0 saturated carbocycles. The molecule has 0 spiro atoms. The Kier molecular flexibility index (Phi) is 6.14. The van der Waals surface area contributed by atoms with Crippen LogP contribution in [0.5, 0.6) is 5.75 Å². The van der Waals surface area contributed by atoms with Gasteiger partial charge in [-0.05, 0) is 60.2 Å². The van der Waals surface area contributed by atoms with Gasteiger partial charge < -0.3 is 21.6 Å². The quantitative estimate of drug-likeness (QED) is 0.181. The lowest BCUT2D eigenvalue weighted by Gasteiger charge is -2.14. The summed E-state index contributed by atoms with van der Waals surface area (Å²) in [4.78, 5) is 8.53. The van der Waals surface area contributed by atoms with Gasteiger partial charge in [0.1, 0.15) is 35.2 Å². The Morgan fingerprint density at radius 1 is 1.08 bits per heavy atom. The van der Waals surface area contributed by atoms with Gasteiger partial charge in [-0.3, -0.25) is 4.68 Å². The molecule has 0 saturated heterocycles. The molecule has 5 aromatic rings. The molecule has 0 unspecified atom stereocenters. The van der Waals surface area contributed by atoms with E-state index in [0.717, 1.165) is 27.7 Å². The molecule has 2 heterocycles. The van der Waals surface area contributed by atoms with Crippen LogP contribution in [0.25, 0.3) is 10.9 Å². The van der Waals surface area contributed by atoms with Crippen LogP contribution in [0.2, 0.25) is 0 Å². The maximum atomic E-state index is 13.6. The van der Waals surface area contributed by atoms with Gasteiger partial charge in [0.25, 0.3) is 0 Å². The number of halogens is 1. The highest BCUT2D eigenvalue weighted by atomic mass is 19.1. The average molecular weight is 483 g/mol. The zero-order valence-electron chi connectivity index (χ0n) is 19.4. The highest BCUT2D eigenvalue weighted by Crippen LogP contribution is 2.28. The van der Waals surface area contributed by atoms with Gasteiger partial charge in [-0.1, -0.05) is 12.1 Å². The molecule has 10 heteroatoms. The van der Waals surface area contributed by atoms with Crippen molar-refractivity contribution in [2.24, 2.45) is 10.9 Å². The van der Waals surface area contributed by atoms with Gasteiger partial charge in [0.2, 0.25) is 0 Å². The summed E-state index contributed by atoms with van der Waals surface area (Å²) >= 11 is 0. The van der Waals surface area contributed by atoms with Crippen LogP contribution >= 0.6 is 0 Å². The second-order valence-corrected chi connectivity index (χ2v) is 8.02. The molecule has 5 N–H and O–H groups in total. The molecule has 0 fully saturated rings. The number of hydrogen-bond donors (Lipinski definition) is 3. The van der Waals surface area contributed by atoms with Crippen LogP contribution in [0.3, 0.4) is 0 Å². The summed E-state index contributed by atoms with van der Waals surface area (Å²) < 4.78 is 20.6. The van der Waals surface area contributed by atoms with Crippen LogP contribution in [0.1, 0.15) is 16.7 Å². The highest BCUT2D eigenvalue weighted by Gasteiger charge is 2.18. The first-order valence-electron chi connectivity index (χ1n) is 11.1. The largest absolute Gasteiger partial charge is 0.497 e. The number of nitrogens with two attached hydrogens (primary N) is 2. The molecule has 2 aromatic heterocycles. The van der Waals surface area contributed by atoms with Gasteiger partial charge in [0.15, 0.2) is 0 Å². The van der Waals surface area contributed by atoms with Gasteiger partial charge in [0.05, 0.1) is 30.9 Å². The summed E-state index contributed by atoms with van der Waals surface area (Å²) in [6.45, 7) is 0.457. The zero-order chi connectivity index (χ0) is 25.1. The van der Waals surface area contributed by atoms with Crippen molar-refractivity contribution in [2.75, 3.05) is 18.2 Å². The standard InChI is InChI=1S/C26H23FN8O/c1-36-21-8-5-17(6-9-21)24(34-29)23-25(28)30-15-31-26(23)33-20-7-10-22-18(12-20)13-32-35(22)14-16-3-2-4-19(27)11-16/h2-13,15H,14,29H2,1H3,(H3,28,30,31,33)/b34-24-. The van der Waals surface area contributed by atoms with E-state index in [1.54, 1.807) is 19.4 Å². The van der Waals surface area contributed by atoms with Gasteiger partial charge in [-0.2, -0.15) is 10.2 Å². The second-order valence-electron chi connectivity index (χ2n) is 8.02.